The molecule has 0 aliphatic rings. The van der Waals surface area contributed by atoms with E-state index in [4.69, 9.17) is 0 Å². The van der Waals surface area contributed by atoms with Gasteiger partial charge in [0, 0.05) is 12.1 Å². The minimum atomic E-state index is -0.561. The Kier molecular flexibility index (Phi) is 4.65. The van der Waals surface area contributed by atoms with Crippen molar-refractivity contribution < 1.29 is 9.18 Å². The highest BCUT2D eigenvalue weighted by atomic mass is 19.1. The lowest BCUT2D eigenvalue weighted by Crippen LogP contribution is -2.28. The Labute approximate surface area is 144 Å². The summed E-state index contributed by atoms with van der Waals surface area (Å²) >= 11 is 0. The summed E-state index contributed by atoms with van der Waals surface area (Å²) in [5.41, 5.74) is 3.43. The number of benzene rings is 2. The molecule has 5 heteroatoms. The lowest BCUT2D eigenvalue weighted by Gasteiger charge is -2.09. The molecule has 3 aromatic rings. The highest BCUT2D eigenvalue weighted by molar-refractivity contribution is 5.94. The van der Waals surface area contributed by atoms with E-state index in [1.807, 2.05) is 32.0 Å². The molecule has 0 spiro atoms. The lowest BCUT2D eigenvalue weighted by atomic mass is 10.0. The molecule has 0 bridgehead atoms. The van der Waals surface area contributed by atoms with E-state index < -0.39 is 11.7 Å². The summed E-state index contributed by atoms with van der Waals surface area (Å²) in [5.74, 6) is -1.05. The van der Waals surface area contributed by atoms with Gasteiger partial charge in [-0.2, -0.15) is 0 Å². The van der Waals surface area contributed by atoms with Gasteiger partial charge in [0.15, 0.2) is 0 Å². The third-order valence-corrected chi connectivity index (χ3v) is 4.43. The van der Waals surface area contributed by atoms with Gasteiger partial charge in [0.25, 0.3) is 11.5 Å². The Morgan fingerprint density at radius 1 is 1.16 bits per heavy atom. The number of carbonyl (C=O) groups is 1. The summed E-state index contributed by atoms with van der Waals surface area (Å²) in [4.78, 5) is 27.2. The quantitative estimate of drug-likeness (QED) is 0.767. The molecule has 0 saturated heterocycles. The maximum atomic E-state index is 13.6. The van der Waals surface area contributed by atoms with Crippen molar-refractivity contribution in [3.8, 4) is 0 Å². The van der Waals surface area contributed by atoms with Gasteiger partial charge >= 0.3 is 0 Å². The minimum Gasteiger partial charge on any atom is -0.352 e. The molecular weight excluding hydrogens is 319 g/mol. The van der Waals surface area contributed by atoms with Gasteiger partial charge in [0.2, 0.25) is 0 Å². The van der Waals surface area contributed by atoms with Gasteiger partial charge in [0.1, 0.15) is 5.82 Å². The second kappa shape index (κ2) is 6.89. The maximum Gasteiger partial charge on any atom is 0.254 e. The number of pyridine rings is 1. The van der Waals surface area contributed by atoms with Crippen LogP contribution in [0, 0.1) is 19.7 Å². The predicted molar refractivity (Wildman–Crippen MR) is 96.5 cm³/mol. The summed E-state index contributed by atoms with van der Waals surface area (Å²) in [7, 11) is 0. The zero-order valence-electron chi connectivity index (χ0n) is 14.2. The summed E-state index contributed by atoms with van der Waals surface area (Å²) in [6.07, 6.45) is 0.373. The Bertz CT molecular complexity index is 1010. The van der Waals surface area contributed by atoms with Gasteiger partial charge in [0.05, 0.1) is 11.1 Å². The summed E-state index contributed by atoms with van der Waals surface area (Å²) in [5, 5.41) is 3.61. The largest absolute Gasteiger partial charge is 0.352 e. The van der Waals surface area contributed by atoms with Crippen LogP contribution in [0.15, 0.2) is 47.3 Å². The first-order valence-electron chi connectivity index (χ1n) is 8.12. The van der Waals surface area contributed by atoms with Crippen LogP contribution in [0.3, 0.4) is 0 Å². The summed E-state index contributed by atoms with van der Waals surface area (Å²) < 4.78 is 13.6. The molecule has 1 aromatic heterocycles. The molecule has 0 saturated carbocycles. The van der Waals surface area contributed by atoms with Gasteiger partial charge in [-0.25, -0.2) is 4.39 Å². The average molecular weight is 338 g/mol. The molecule has 0 aliphatic heterocycles. The van der Waals surface area contributed by atoms with Crippen LogP contribution in [0.1, 0.15) is 27.0 Å². The molecule has 0 aliphatic carbocycles. The van der Waals surface area contributed by atoms with Crippen molar-refractivity contribution in [3.63, 3.8) is 0 Å². The van der Waals surface area contributed by atoms with E-state index >= 15 is 0 Å². The van der Waals surface area contributed by atoms with Crippen molar-refractivity contribution in [2.45, 2.75) is 20.3 Å². The molecular formula is C20H19FN2O2. The Hall–Kier alpha value is -2.95. The smallest absolute Gasteiger partial charge is 0.254 e. The molecule has 1 heterocycles. The van der Waals surface area contributed by atoms with Crippen LogP contribution in [0.5, 0.6) is 0 Å². The number of aromatic nitrogens is 1. The summed E-state index contributed by atoms with van der Waals surface area (Å²) in [6.45, 7) is 4.23. The number of rotatable bonds is 4. The van der Waals surface area contributed by atoms with E-state index in [0.29, 0.717) is 12.0 Å². The number of H-pyrrole nitrogens is 1. The van der Waals surface area contributed by atoms with Crippen LogP contribution in [0.25, 0.3) is 10.9 Å². The van der Waals surface area contributed by atoms with E-state index in [1.54, 1.807) is 6.07 Å². The highest BCUT2D eigenvalue weighted by Gasteiger charge is 2.11. The number of amides is 1. The zero-order valence-corrected chi connectivity index (χ0v) is 14.2. The van der Waals surface area contributed by atoms with Gasteiger partial charge in [-0.15, -0.1) is 0 Å². The monoisotopic (exact) mass is 338 g/mol. The van der Waals surface area contributed by atoms with Gasteiger partial charge < -0.3 is 10.3 Å². The van der Waals surface area contributed by atoms with Crippen molar-refractivity contribution in [1.29, 1.82) is 0 Å². The van der Waals surface area contributed by atoms with Crippen molar-refractivity contribution in [2.75, 3.05) is 6.54 Å². The fraction of sp³-hybridized carbons (Fsp3) is 0.200. The zero-order chi connectivity index (χ0) is 18.0. The number of nitrogens with one attached hydrogen (secondary N) is 2. The van der Waals surface area contributed by atoms with E-state index in [-0.39, 0.29) is 17.7 Å². The average Bonchev–Trinajstić information content (AvgIpc) is 2.60. The number of halogens is 1. The number of fused-ring (bicyclic) bond motifs is 1. The third kappa shape index (κ3) is 3.45. The fourth-order valence-corrected chi connectivity index (χ4v) is 2.81. The SMILES string of the molecule is Cc1ccc2cc(CCNC(=O)c3ccccc3F)c(=O)[nH]c2c1C. The third-order valence-electron chi connectivity index (χ3n) is 4.43. The molecule has 0 fully saturated rings. The second-order valence-electron chi connectivity index (χ2n) is 6.08. The number of hydrogen-bond acceptors (Lipinski definition) is 2. The van der Waals surface area contributed by atoms with Gasteiger partial charge in [-0.05, 0) is 55.0 Å². The molecule has 2 N–H and O–H groups in total. The van der Waals surface area contributed by atoms with Crippen molar-refractivity contribution in [3.05, 3.63) is 80.9 Å². The highest BCUT2D eigenvalue weighted by Crippen LogP contribution is 2.18. The van der Waals surface area contributed by atoms with E-state index in [0.717, 1.165) is 22.0 Å². The van der Waals surface area contributed by atoms with Crippen LogP contribution >= 0.6 is 0 Å². The lowest BCUT2D eigenvalue weighted by molar-refractivity contribution is 0.0950. The Morgan fingerprint density at radius 2 is 1.92 bits per heavy atom. The first kappa shape index (κ1) is 16.9. The number of aryl methyl sites for hydroxylation is 2. The van der Waals surface area contributed by atoms with Crippen LogP contribution in [-0.2, 0) is 6.42 Å². The van der Waals surface area contributed by atoms with Gasteiger partial charge in [-0.1, -0.05) is 24.3 Å². The van der Waals surface area contributed by atoms with E-state index in [1.165, 1.54) is 18.2 Å². The molecule has 25 heavy (non-hydrogen) atoms. The number of hydrogen-bond donors (Lipinski definition) is 2. The van der Waals surface area contributed by atoms with Crippen LogP contribution in [0.4, 0.5) is 4.39 Å². The van der Waals surface area contributed by atoms with E-state index in [9.17, 15) is 14.0 Å². The van der Waals surface area contributed by atoms with Gasteiger partial charge in [-0.3, -0.25) is 9.59 Å². The first-order valence-corrected chi connectivity index (χ1v) is 8.12. The molecule has 0 atom stereocenters. The van der Waals surface area contributed by atoms with Crippen molar-refractivity contribution in [1.82, 2.24) is 10.3 Å². The Morgan fingerprint density at radius 3 is 2.68 bits per heavy atom. The van der Waals surface area contributed by atoms with Crippen molar-refractivity contribution in [2.24, 2.45) is 0 Å². The molecule has 0 radical (unpaired) electrons. The molecule has 1 amide bonds. The second-order valence-corrected chi connectivity index (χ2v) is 6.08. The Balaban J connectivity index is 1.75. The normalized spacial score (nSPS) is 10.8. The van der Waals surface area contributed by atoms with Crippen LogP contribution in [0.2, 0.25) is 0 Å². The van der Waals surface area contributed by atoms with Crippen LogP contribution in [-0.4, -0.2) is 17.4 Å². The maximum absolute atomic E-state index is 13.6. The number of aromatic amines is 1. The fourth-order valence-electron chi connectivity index (χ4n) is 2.81. The number of carbonyl (C=O) groups excluding carboxylic acids is 1. The summed E-state index contributed by atoms with van der Waals surface area (Å²) in [6, 6.07) is 11.6. The topological polar surface area (TPSA) is 62.0 Å². The standard InChI is InChI=1S/C20H19FN2O2/c1-12-7-8-14-11-15(19(24)23-18(14)13(12)2)9-10-22-20(25)16-5-3-4-6-17(16)21/h3-8,11H,9-10H2,1-2H3,(H,22,25)(H,23,24). The van der Waals surface area contributed by atoms with Crippen molar-refractivity contribution >= 4 is 16.8 Å². The predicted octanol–water partition coefficient (Wildman–Crippen LogP) is 3.26. The molecule has 4 nitrogen and oxygen atoms in total. The molecule has 3 rings (SSSR count). The van der Waals surface area contributed by atoms with Crippen LogP contribution < -0.4 is 10.9 Å². The molecule has 2 aromatic carbocycles. The van der Waals surface area contributed by atoms with E-state index in [2.05, 4.69) is 10.3 Å². The minimum absolute atomic E-state index is 0.000945. The molecule has 128 valence electrons. The molecule has 0 unspecified atom stereocenters. The first-order chi connectivity index (χ1) is 12.0.